The molecule has 0 aromatic rings. The first kappa shape index (κ1) is 11.9. The Morgan fingerprint density at radius 2 is 2.27 bits per heavy atom. The number of aliphatic hydroxyl groups is 2. The fraction of sp³-hybridized carbons (Fsp3) is 0.778. The van der Waals surface area contributed by atoms with Crippen molar-refractivity contribution < 1.29 is 24.9 Å². The maximum absolute atomic E-state index is 11.3. The summed E-state index contributed by atoms with van der Waals surface area (Å²) in [7, 11) is 0. The van der Waals surface area contributed by atoms with Gasteiger partial charge in [0.05, 0.1) is 12.5 Å². The summed E-state index contributed by atoms with van der Waals surface area (Å²) in [6.07, 6.45) is -1.13. The van der Waals surface area contributed by atoms with Gasteiger partial charge in [0.1, 0.15) is 0 Å². The van der Waals surface area contributed by atoms with Crippen LogP contribution >= 0.6 is 0 Å². The molecule has 0 aromatic carbocycles. The smallest absolute Gasteiger partial charge is 0.306 e. The van der Waals surface area contributed by atoms with Gasteiger partial charge in [-0.25, -0.2) is 0 Å². The summed E-state index contributed by atoms with van der Waals surface area (Å²) in [5.74, 6) is -1.32. The number of carbonyl (C=O) groups is 2. The van der Waals surface area contributed by atoms with Crippen LogP contribution in [0.4, 0.5) is 0 Å². The number of β-amino-alcohol motifs (C(OH)–C–C–N with tert-alkyl or cyclic N) is 1. The highest BCUT2D eigenvalue weighted by Gasteiger charge is 2.30. The van der Waals surface area contributed by atoms with Crippen molar-refractivity contribution in [2.24, 2.45) is 5.92 Å². The van der Waals surface area contributed by atoms with Crippen molar-refractivity contribution in [2.45, 2.75) is 18.9 Å². The standard InChI is InChI=1S/C9H15NO5/c11-5-6-1-8(13)10(3-6)4-7(12)2-9(14)15/h6-7,11-12H,1-5H2,(H,14,15). The SMILES string of the molecule is O=C(O)CC(O)CN1CC(CO)CC1=O. The second-order valence-electron chi connectivity index (χ2n) is 3.80. The fourth-order valence-corrected chi connectivity index (χ4v) is 1.67. The van der Waals surface area contributed by atoms with Crippen LogP contribution in [0.5, 0.6) is 0 Å². The molecule has 0 bridgehead atoms. The second kappa shape index (κ2) is 5.09. The molecule has 6 nitrogen and oxygen atoms in total. The number of carbonyl (C=O) groups excluding carboxylic acids is 1. The molecule has 0 aromatic heterocycles. The zero-order valence-electron chi connectivity index (χ0n) is 8.30. The van der Waals surface area contributed by atoms with E-state index in [1.54, 1.807) is 0 Å². The van der Waals surface area contributed by atoms with E-state index in [0.717, 1.165) is 0 Å². The van der Waals surface area contributed by atoms with Gasteiger partial charge in [-0.2, -0.15) is 0 Å². The molecule has 1 rings (SSSR count). The average Bonchev–Trinajstić information content (AvgIpc) is 2.46. The van der Waals surface area contributed by atoms with Crippen LogP contribution in [0.3, 0.4) is 0 Å². The quantitative estimate of drug-likeness (QED) is 0.529. The Balaban J connectivity index is 2.38. The second-order valence-corrected chi connectivity index (χ2v) is 3.80. The van der Waals surface area contributed by atoms with Gasteiger partial charge in [-0.1, -0.05) is 0 Å². The summed E-state index contributed by atoms with van der Waals surface area (Å²) in [5.41, 5.74) is 0. The van der Waals surface area contributed by atoms with Crippen LogP contribution in [0, 0.1) is 5.92 Å². The molecule has 1 heterocycles. The van der Waals surface area contributed by atoms with Crippen LogP contribution in [-0.2, 0) is 9.59 Å². The molecule has 3 N–H and O–H groups in total. The number of likely N-dealkylation sites (tertiary alicyclic amines) is 1. The predicted octanol–water partition coefficient (Wildman–Crippen LogP) is -1.34. The summed E-state index contributed by atoms with van der Waals surface area (Å²) in [5, 5.41) is 26.6. The Labute approximate surface area is 87.1 Å². The van der Waals surface area contributed by atoms with Gasteiger partial charge in [-0.05, 0) is 0 Å². The molecule has 0 radical (unpaired) electrons. The summed E-state index contributed by atoms with van der Waals surface area (Å²) < 4.78 is 0. The fourth-order valence-electron chi connectivity index (χ4n) is 1.67. The topological polar surface area (TPSA) is 98.1 Å². The summed E-state index contributed by atoms with van der Waals surface area (Å²) in [6, 6.07) is 0. The van der Waals surface area contributed by atoms with Crippen molar-refractivity contribution in [3.8, 4) is 0 Å². The molecule has 0 aliphatic carbocycles. The summed E-state index contributed by atoms with van der Waals surface area (Å²) in [6.45, 7) is 0.366. The van der Waals surface area contributed by atoms with Crippen LogP contribution in [0.1, 0.15) is 12.8 Å². The number of aliphatic carboxylic acids is 1. The van der Waals surface area contributed by atoms with Crippen molar-refractivity contribution >= 4 is 11.9 Å². The third-order valence-corrected chi connectivity index (χ3v) is 2.39. The molecule has 1 amide bonds. The molecule has 1 aliphatic rings. The Bertz CT molecular complexity index is 255. The molecule has 1 saturated heterocycles. The van der Waals surface area contributed by atoms with E-state index in [1.165, 1.54) is 4.90 Å². The molecule has 2 atom stereocenters. The highest BCUT2D eigenvalue weighted by molar-refractivity contribution is 5.78. The highest BCUT2D eigenvalue weighted by Crippen LogP contribution is 2.17. The first-order chi connectivity index (χ1) is 7.02. The van der Waals surface area contributed by atoms with Gasteiger partial charge in [0, 0.05) is 32.0 Å². The van der Waals surface area contributed by atoms with Crippen molar-refractivity contribution in [3.63, 3.8) is 0 Å². The molecule has 6 heteroatoms. The third kappa shape index (κ3) is 3.49. The molecule has 0 spiro atoms. The molecule has 1 fully saturated rings. The van der Waals surface area contributed by atoms with Crippen LogP contribution in [0.25, 0.3) is 0 Å². The van der Waals surface area contributed by atoms with Gasteiger partial charge < -0.3 is 20.2 Å². The van der Waals surface area contributed by atoms with Crippen molar-refractivity contribution in [1.29, 1.82) is 0 Å². The van der Waals surface area contributed by atoms with E-state index in [-0.39, 0.29) is 37.8 Å². The van der Waals surface area contributed by atoms with E-state index in [2.05, 4.69) is 0 Å². The number of carboxylic acid groups (broad SMARTS) is 1. The van der Waals surface area contributed by atoms with Gasteiger partial charge in [0.15, 0.2) is 0 Å². The Morgan fingerprint density at radius 3 is 2.73 bits per heavy atom. The number of hydrogen-bond acceptors (Lipinski definition) is 4. The monoisotopic (exact) mass is 217 g/mol. The number of rotatable bonds is 5. The maximum atomic E-state index is 11.3. The zero-order chi connectivity index (χ0) is 11.4. The number of hydrogen-bond donors (Lipinski definition) is 3. The predicted molar refractivity (Wildman–Crippen MR) is 50.0 cm³/mol. The van der Waals surface area contributed by atoms with Crippen LogP contribution in [-0.4, -0.2) is 57.9 Å². The maximum Gasteiger partial charge on any atom is 0.306 e. The number of aliphatic hydroxyl groups excluding tert-OH is 2. The molecule has 0 saturated carbocycles. The van der Waals surface area contributed by atoms with E-state index in [0.29, 0.717) is 6.54 Å². The highest BCUT2D eigenvalue weighted by atomic mass is 16.4. The van der Waals surface area contributed by atoms with Gasteiger partial charge in [0.25, 0.3) is 0 Å². The van der Waals surface area contributed by atoms with E-state index in [1.807, 2.05) is 0 Å². The third-order valence-electron chi connectivity index (χ3n) is 2.39. The minimum atomic E-state index is -1.09. The van der Waals surface area contributed by atoms with Crippen LogP contribution in [0.2, 0.25) is 0 Å². The summed E-state index contributed by atoms with van der Waals surface area (Å²) >= 11 is 0. The first-order valence-electron chi connectivity index (χ1n) is 4.81. The van der Waals surface area contributed by atoms with E-state index in [4.69, 9.17) is 10.2 Å². The molecule has 86 valence electrons. The lowest BCUT2D eigenvalue weighted by molar-refractivity contribution is -0.140. The number of nitrogens with zero attached hydrogens (tertiary/aromatic N) is 1. The molecule has 15 heavy (non-hydrogen) atoms. The van der Waals surface area contributed by atoms with E-state index in [9.17, 15) is 14.7 Å². The van der Waals surface area contributed by atoms with Gasteiger partial charge in [0.2, 0.25) is 5.91 Å². The lowest BCUT2D eigenvalue weighted by Gasteiger charge is -2.19. The first-order valence-corrected chi connectivity index (χ1v) is 4.81. The van der Waals surface area contributed by atoms with Crippen molar-refractivity contribution in [2.75, 3.05) is 19.7 Å². The minimum absolute atomic E-state index is 0.0294. The van der Waals surface area contributed by atoms with Crippen LogP contribution in [0.15, 0.2) is 0 Å². The minimum Gasteiger partial charge on any atom is -0.481 e. The number of amides is 1. The van der Waals surface area contributed by atoms with E-state index >= 15 is 0 Å². The zero-order valence-corrected chi connectivity index (χ0v) is 8.30. The Morgan fingerprint density at radius 1 is 1.60 bits per heavy atom. The van der Waals surface area contributed by atoms with E-state index < -0.39 is 12.1 Å². The Hall–Kier alpha value is -1.14. The molecule has 2 unspecified atom stereocenters. The van der Waals surface area contributed by atoms with Gasteiger partial charge in [-0.15, -0.1) is 0 Å². The average molecular weight is 217 g/mol. The van der Waals surface area contributed by atoms with Gasteiger partial charge in [-0.3, -0.25) is 9.59 Å². The summed E-state index contributed by atoms with van der Waals surface area (Å²) in [4.78, 5) is 23.0. The lowest BCUT2D eigenvalue weighted by Crippen LogP contribution is -2.35. The normalized spacial score (nSPS) is 23.2. The Kier molecular flexibility index (Phi) is 4.05. The molecular formula is C9H15NO5. The van der Waals surface area contributed by atoms with Crippen LogP contribution < -0.4 is 0 Å². The lowest BCUT2D eigenvalue weighted by atomic mass is 10.1. The molecular weight excluding hydrogens is 202 g/mol. The van der Waals surface area contributed by atoms with Gasteiger partial charge >= 0.3 is 5.97 Å². The van der Waals surface area contributed by atoms with Crippen molar-refractivity contribution in [3.05, 3.63) is 0 Å². The largest absolute Gasteiger partial charge is 0.481 e. The molecule has 1 aliphatic heterocycles. The van der Waals surface area contributed by atoms with Crippen molar-refractivity contribution in [1.82, 2.24) is 4.90 Å². The number of carboxylic acids is 1.